The van der Waals surface area contributed by atoms with Gasteiger partial charge in [0.1, 0.15) is 5.75 Å². The van der Waals surface area contributed by atoms with Crippen molar-refractivity contribution in [2.45, 2.75) is 57.4 Å². The molecule has 0 atom stereocenters. The standard InChI is InChI=1S/C37H36Cl2N2O4/c1-24-6-5-9-33(39)35(24)41-34-21-27(26-14-16-37(17-15-26)44-18-19-45-37)20-30(29-7-3-4-8-32(29)38)31(34)23-40(36(41)42)22-25-10-12-28(43-2)13-11-25/h3-13,20-21,26H,14-19,22-23H2,1-2H3. The Balaban J connectivity index is 1.38. The lowest BCUT2D eigenvalue weighted by Crippen LogP contribution is -2.45. The van der Waals surface area contributed by atoms with Crippen molar-refractivity contribution in [1.82, 2.24) is 4.90 Å². The first-order valence-corrected chi connectivity index (χ1v) is 16.3. The molecule has 2 amide bonds. The quantitative estimate of drug-likeness (QED) is 0.210. The number of ether oxygens (including phenoxy) is 3. The third-order valence-corrected chi connectivity index (χ3v) is 10.1. The van der Waals surface area contributed by atoms with Crippen molar-refractivity contribution in [1.29, 1.82) is 0 Å². The molecule has 0 N–H and O–H groups in total. The molecule has 8 heteroatoms. The second-order valence-corrected chi connectivity index (χ2v) is 13.0. The van der Waals surface area contributed by atoms with Crippen LogP contribution in [0, 0.1) is 6.92 Å². The third-order valence-electron chi connectivity index (χ3n) is 9.44. The summed E-state index contributed by atoms with van der Waals surface area (Å²) < 4.78 is 17.4. The summed E-state index contributed by atoms with van der Waals surface area (Å²) in [5.41, 5.74) is 7.67. The highest BCUT2D eigenvalue weighted by atomic mass is 35.5. The molecule has 2 aliphatic heterocycles. The molecule has 0 radical (unpaired) electrons. The van der Waals surface area contributed by atoms with Crippen LogP contribution in [0.4, 0.5) is 16.2 Å². The zero-order chi connectivity index (χ0) is 31.1. The Morgan fingerprint density at radius 1 is 0.889 bits per heavy atom. The van der Waals surface area contributed by atoms with E-state index in [0.717, 1.165) is 64.9 Å². The molecule has 1 saturated heterocycles. The van der Waals surface area contributed by atoms with E-state index in [1.165, 1.54) is 5.56 Å². The molecule has 0 bridgehead atoms. The normalized spacial score (nSPS) is 18.0. The van der Waals surface area contributed by atoms with Crippen molar-refractivity contribution >= 4 is 40.6 Å². The van der Waals surface area contributed by atoms with Gasteiger partial charge < -0.3 is 19.1 Å². The molecule has 2 heterocycles. The number of para-hydroxylation sites is 1. The van der Waals surface area contributed by atoms with Crippen LogP contribution in [-0.4, -0.2) is 37.0 Å². The molecule has 6 nitrogen and oxygen atoms in total. The number of hydrogen-bond acceptors (Lipinski definition) is 4. The van der Waals surface area contributed by atoms with E-state index in [1.54, 1.807) is 7.11 Å². The van der Waals surface area contributed by atoms with E-state index in [4.69, 9.17) is 37.4 Å². The Morgan fingerprint density at radius 3 is 2.29 bits per heavy atom. The lowest BCUT2D eigenvalue weighted by Gasteiger charge is -2.40. The number of halogens is 2. The van der Waals surface area contributed by atoms with Crippen molar-refractivity contribution in [2.24, 2.45) is 0 Å². The molecule has 0 aromatic heterocycles. The Kier molecular flexibility index (Phi) is 8.25. The van der Waals surface area contributed by atoms with E-state index < -0.39 is 5.79 Å². The molecule has 7 rings (SSSR count). The molecule has 1 aliphatic carbocycles. The summed E-state index contributed by atoms with van der Waals surface area (Å²) in [6, 6.07) is 25.9. The summed E-state index contributed by atoms with van der Waals surface area (Å²) in [6.07, 6.45) is 3.56. The van der Waals surface area contributed by atoms with Crippen LogP contribution in [0.25, 0.3) is 11.1 Å². The first-order chi connectivity index (χ1) is 21.9. The van der Waals surface area contributed by atoms with Crippen LogP contribution >= 0.6 is 23.2 Å². The van der Waals surface area contributed by atoms with E-state index in [-0.39, 0.29) is 11.9 Å². The number of anilines is 2. The van der Waals surface area contributed by atoms with Crippen molar-refractivity contribution in [3.05, 3.63) is 111 Å². The molecule has 3 aliphatic rings. The summed E-state index contributed by atoms with van der Waals surface area (Å²) in [6.45, 7) is 4.16. The van der Waals surface area contributed by atoms with Crippen LogP contribution < -0.4 is 9.64 Å². The highest BCUT2D eigenvalue weighted by Gasteiger charge is 2.42. The van der Waals surface area contributed by atoms with Gasteiger partial charge in [0.25, 0.3) is 0 Å². The van der Waals surface area contributed by atoms with Crippen molar-refractivity contribution in [3.8, 4) is 16.9 Å². The number of amides is 2. The smallest absolute Gasteiger partial charge is 0.329 e. The zero-order valence-electron chi connectivity index (χ0n) is 25.5. The van der Waals surface area contributed by atoms with Gasteiger partial charge in [-0.05, 0) is 78.3 Å². The number of fused-ring (bicyclic) bond motifs is 1. The topological polar surface area (TPSA) is 51.2 Å². The molecular weight excluding hydrogens is 607 g/mol. The SMILES string of the molecule is COc1ccc(CN2Cc3c(-c4ccccc4Cl)cc(C4CCC5(CC4)OCCO5)cc3N(c3c(C)cccc3Cl)C2=O)cc1. The van der Waals surface area contributed by atoms with E-state index in [9.17, 15) is 4.79 Å². The maximum Gasteiger partial charge on any atom is 0.329 e. The van der Waals surface area contributed by atoms with Gasteiger partial charge in [-0.2, -0.15) is 0 Å². The number of benzene rings is 4. The Labute approximate surface area is 274 Å². The fourth-order valence-electron chi connectivity index (χ4n) is 7.08. The Hall–Kier alpha value is -3.55. The van der Waals surface area contributed by atoms with Crippen LogP contribution in [0.2, 0.25) is 10.0 Å². The average Bonchev–Trinajstić information content (AvgIpc) is 3.50. The maximum absolute atomic E-state index is 14.6. The number of methoxy groups -OCH3 is 1. The fourth-order valence-corrected chi connectivity index (χ4v) is 7.62. The van der Waals surface area contributed by atoms with E-state index in [1.807, 2.05) is 77.4 Å². The molecular formula is C37H36Cl2N2O4. The molecule has 2 fully saturated rings. The van der Waals surface area contributed by atoms with E-state index in [0.29, 0.717) is 42.0 Å². The minimum atomic E-state index is -0.449. The second kappa shape index (κ2) is 12.3. The van der Waals surface area contributed by atoms with Gasteiger partial charge in [0.05, 0.1) is 43.3 Å². The first kappa shape index (κ1) is 30.1. The van der Waals surface area contributed by atoms with Crippen molar-refractivity contribution < 1.29 is 19.0 Å². The number of urea groups is 1. The summed E-state index contributed by atoms with van der Waals surface area (Å²) in [5, 5.41) is 1.20. The molecule has 1 spiro atoms. The van der Waals surface area contributed by atoms with Gasteiger partial charge in [-0.1, -0.05) is 71.7 Å². The second-order valence-electron chi connectivity index (χ2n) is 12.2. The number of nitrogens with zero attached hydrogens (tertiary/aromatic N) is 2. The molecule has 45 heavy (non-hydrogen) atoms. The predicted octanol–water partition coefficient (Wildman–Crippen LogP) is 9.65. The Morgan fingerprint density at radius 2 is 1.60 bits per heavy atom. The van der Waals surface area contributed by atoms with Gasteiger partial charge in [0.2, 0.25) is 0 Å². The number of aryl methyl sites for hydroxylation is 1. The van der Waals surface area contributed by atoms with Gasteiger partial charge in [0, 0.05) is 35.5 Å². The largest absolute Gasteiger partial charge is 0.497 e. The van der Waals surface area contributed by atoms with E-state index in [2.05, 4.69) is 18.2 Å². The van der Waals surface area contributed by atoms with Gasteiger partial charge in [-0.15, -0.1) is 0 Å². The summed E-state index contributed by atoms with van der Waals surface area (Å²) in [4.78, 5) is 18.3. The van der Waals surface area contributed by atoms with Crippen molar-refractivity contribution in [3.63, 3.8) is 0 Å². The number of rotatable bonds is 6. The number of carbonyl (C=O) groups is 1. The summed E-state index contributed by atoms with van der Waals surface area (Å²) >= 11 is 13.8. The fraction of sp³-hybridized carbons (Fsp3) is 0.324. The minimum absolute atomic E-state index is 0.118. The van der Waals surface area contributed by atoms with Crippen LogP contribution in [0.1, 0.15) is 53.9 Å². The number of hydrogen-bond donors (Lipinski definition) is 0. The number of carbonyl (C=O) groups excluding carboxylic acids is 1. The van der Waals surface area contributed by atoms with Gasteiger partial charge in [-0.3, -0.25) is 4.90 Å². The highest BCUT2D eigenvalue weighted by molar-refractivity contribution is 6.34. The van der Waals surface area contributed by atoms with Crippen LogP contribution in [0.3, 0.4) is 0 Å². The average molecular weight is 644 g/mol. The zero-order valence-corrected chi connectivity index (χ0v) is 27.0. The van der Waals surface area contributed by atoms with Crippen molar-refractivity contribution in [2.75, 3.05) is 25.2 Å². The maximum atomic E-state index is 14.6. The van der Waals surface area contributed by atoms with Gasteiger partial charge >= 0.3 is 6.03 Å². The lowest BCUT2D eigenvalue weighted by molar-refractivity contribution is -0.178. The van der Waals surface area contributed by atoms with Gasteiger partial charge in [-0.25, -0.2) is 4.79 Å². The highest BCUT2D eigenvalue weighted by Crippen LogP contribution is 2.49. The van der Waals surface area contributed by atoms with E-state index >= 15 is 0 Å². The molecule has 0 unspecified atom stereocenters. The van der Waals surface area contributed by atoms with Crippen LogP contribution in [0.5, 0.6) is 5.75 Å². The van der Waals surface area contributed by atoms with Crippen LogP contribution in [-0.2, 0) is 22.6 Å². The monoisotopic (exact) mass is 642 g/mol. The molecule has 4 aromatic rings. The molecule has 232 valence electrons. The molecule has 1 saturated carbocycles. The van der Waals surface area contributed by atoms with Gasteiger partial charge in [0.15, 0.2) is 5.79 Å². The third kappa shape index (κ3) is 5.70. The Bertz CT molecular complexity index is 1710. The molecule has 4 aromatic carbocycles. The predicted molar refractivity (Wildman–Crippen MR) is 179 cm³/mol. The lowest BCUT2D eigenvalue weighted by atomic mass is 9.79. The van der Waals surface area contributed by atoms with Crippen LogP contribution in [0.15, 0.2) is 78.9 Å². The summed E-state index contributed by atoms with van der Waals surface area (Å²) in [5.74, 6) is 0.613. The first-order valence-electron chi connectivity index (χ1n) is 15.5. The summed E-state index contributed by atoms with van der Waals surface area (Å²) in [7, 11) is 1.65. The minimum Gasteiger partial charge on any atom is -0.497 e.